The zero-order valence-electron chi connectivity index (χ0n) is 15.4. The highest BCUT2D eigenvalue weighted by atomic mass is 32.2. The number of Topliss-reactive ketones (excluding diaryl/α,β-unsaturated/α-hetero) is 1. The maximum absolute atomic E-state index is 13.0. The molecule has 25 heavy (non-hydrogen) atoms. The van der Waals surface area contributed by atoms with Gasteiger partial charge in [0.25, 0.3) is 10.0 Å². The van der Waals surface area contributed by atoms with Crippen molar-refractivity contribution in [2.45, 2.75) is 52.5 Å². The quantitative estimate of drug-likeness (QED) is 0.818. The van der Waals surface area contributed by atoms with Crippen molar-refractivity contribution in [3.05, 3.63) is 41.2 Å². The number of sulfonamides is 1. The molecule has 0 fully saturated rings. The zero-order valence-corrected chi connectivity index (χ0v) is 16.2. The first kappa shape index (κ1) is 19.2. The zero-order chi connectivity index (χ0) is 19.2. The molecule has 1 aromatic carbocycles. The van der Waals surface area contributed by atoms with E-state index in [4.69, 9.17) is 0 Å². The van der Waals surface area contributed by atoms with Gasteiger partial charge in [-0.15, -0.1) is 0 Å². The Hall–Kier alpha value is -2.15. The van der Waals surface area contributed by atoms with Crippen LogP contribution in [0.2, 0.25) is 0 Å². The first-order chi connectivity index (χ1) is 11.4. The van der Waals surface area contributed by atoms with Gasteiger partial charge in [-0.1, -0.05) is 32.9 Å². The number of fused-ring (bicyclic) bond motifs is 1. The lowest BCUT2D eigenvalue weighted by Crippen LogP contribution is -2.45. The molecule has 6 nitrogen and oxygen atoms in total. The highest BCUT2D eigenvalue weighted by molar-refractivity contribution is 7.89. The summed E-state index contributed by atoms with van der Waals surface area (Å²) in [7, 11) is -3.88. The number of hydrogen-bond donors (Lipinski definition) is 1. The Morgan fingerprint density at radius 3 is 2.24 bits per heavy atom. The molecule has 0 spiro atoms. The maximum Gasteiger partial charge on any atom is 0.265 e. The Balaban J connectivity index is 2.70. The van der Waals surface area contributed by atoms with Crippen LogP contribution in [0, 0.1) is 5.41 Å². The number of ketones is 1. The van der Waals surface area contributed by atoms with Crippen LogP contribution >= 0.6 is 0 Å². The number of allylic oxidation sites excluding steroid dienone is 2. The van der Waals surface area contributed by atoms with Gasteiger partial charge in [-0.2, -0.15) is 0 Å². The van der Waals surface area contributed by atoms with Crippen LogP contribution in [-0.2, 0) is 14.8 Å². The number of carbonyl (C=O) groups is 2. The third-order valence-corrected chi connectivity index (χ3v) is 5.94. The number of nitrogens with zero attached hydrogens (tertiary/aromatic N) is 1. The fraction of sp³-hybridized carbons (Fsp3) is 0.444. The van der Waals surface area contributed by atoms with E-state index in [0.717, 1.165) is 4.31 Å². The van der Waals surface area contributed by atoms with Gasteiger partial charge < -0.3 is 5.32 Å². The Kier molecular flexibility index (Phi) is 4.83. The topological polar surface area (TPSA) is 83.5 Å². The third-order valence-electron chi connectivity index (χ3n) is 3.91. The smallest absolute Gasteiger partial charge is 0.265 e. The normalized spacial score (nSPS) is 18.8. The molecule has 136 valence electrons. The van der Waals surface area contributed by atoms with E-state index in [-0.39, 0.29) is 27.8 Å². The molecule has 0 atom stereocenters. The number of carbonyl (C=O) groups excluding carboxylic acids is 2. The second-order valence-electron chi connectivity index (χ2n) is 7.40. The van der Waals surface area contributed by atoms with Crippen LogP contribution < -0.4 is 5.32 Å². The highest BCUT2D eigenvalue weighted by Gasteiger charge is 2.42. The largest absolute Gasteiger partial charge is 0.327 e. The minimum absolute atomic E-state index is 0.00704. The van der Waals surface area contributed by atoms with Crippen LogP contribution in [0.15, 0.2) is 40.6 Å². The molecular weight excluding hydrogens is 340 g/mol. The molecule has 0 bridgehead atoms. The lowest BCUT2D eigenvalue weighted by Gasteiger charge is -2.35. The fourth-order valence-electron chi connectivity index (χ4n) is 2.62. The number of hydrogen-bond acceptors (Lipinski definition) is 4. The Labute approximate surface area is 149 Å². The highest BCUT2D eigenvalue weighted by Crippen LogP contribution is 2.34. The van der Waals surface area contributed by atoms with Gasteiger partial charge in [0.2, 0.25) is 11.7 Å². The first-order valence-electron chi connectivity index (χ1n) is 8.09. The van der Waals surface area contributed by atoms with Gasteiger partial charge in [-0.3, -0.25) is 13.9 Å². The Morgan fingerprint density at radius 2 is 1.72 bits per heavy atom. The summed E-state index contributed by atoms with van der Waals surface area (Å²) in [5.74, 6) is -0.698. The van der Waals surface area contributed by atoms with Crippen LogP contribution in [-0.4, -0.2) is 30.5 Å². The molecule has 1 N–H and O–H groups in total. The summed E-state index contributed by atoms with van der Waals surface area (Å²) >= 11 is 0. The second-order valence-corrected chi connectivity index (χ2v) is 9.18. The summed E-state index contributed by atoms with van der Waals surface area (Å²) in [6, 6.07) is 5.66. The van der Waals surface area contributed by atoms with E-state index < -0.39 is 27.3 Å². The Morgan fingerprint density at radius 1 is 1.16 bits per heavy atom. The molecule has 1 heterocycles. The van der Waals surface area contributed by atoms with Gasteiger partial charge >= 0.3 is 0 Å². The molecule has 0 unspecified atom stereocenters. The van der Waals surface area contributed by atoms with Gasteiger partial charge in [-0.25, -0.2) is 8.42 Å². The van der Waals surface area contributed by atoms with Crippen LogP contribution in [0.5, 0.6) is 0 Å². The predicted molar refractivity (Wildman–Crippen MR) is 95.2 cm³/mol. The summed E-state index contributed by atoms with van der Waals surface area (Å²) < 4.78 is 27.1. The van der Waals surface area contributed by atoms with Crippen molar-refractivity contribution in [3.8, 4) is 0 Å². The second kappa shape index (κ2) is 6.29. The van der Waals surface area contributed by atoms with E-state index >= 15 is 0 Å². The fourth-order valence-corrected chi connectivity index (χ4v) is 4.54. The van der Waals surface area contributed by atoms with Crippen molar-refractivity contribution in [2.24, 2.45) is 5.41 Å². The van der Waals surface area contributed by atoms with E-state index in [1.807, 2.05) is 0 Å². The minimum Gasteiger partial charge on any atom is -0.327 e. The van der Waals surface area contributed by atoms with E-state index in [9.17, 15) is 18.0 Å². The van der Waals surface area contributed by atoms with Crippen molar-refractivity contribution in [1.82, 2.24) is 9.62 Å². The first-order valence-corrected chi connectivity index (χ1v) is 9.53. The SMILES string of the molecule is CC(NC(=O)C(C)(C)C)=C1C(=O)c2ccccc2S(=O)(=O)N1C(C)C. The van der Waals surface area contributed by atoms with Crippen molar-refractivity contribution >= 4 is 21.7 Å². The predicted octanol–water partition coefficient (Wildman–Crippen LogP) is 2.68. The lowest BCUT2D eigenvalue weighted by atomic mass is 9.95. The van der Waals surface area contributed by atoms with Crippen molar-refractivity contribution < 1.29 is 18.0 Å². The average molecular weight is 364 g/mol. The van der Waals surface area contributed by atoms with Gasteiger partial charge in [0, 0.05) is 22.7 Å². The average Bonchev–Trinajstić information content (AvgIpc) is 2.49. The van der Waals surface area contributed by atoms with E-state index in [1.54, 1.807) is 53.7 Å². The van der Waals surface area contributed by atoms with E-state index in [0.29, 0.717) is 0 Å². The molecule has 7 heteroatoms. The molecule has 1 amide bonds. The van der Waals surface area contributed by atoms with E-state index in [1.165, 1.54) is 12.1 Å². The standard InChI is InChI=1S/C18H24N2O4S/c1-11(2)20-15(12(3)19-17(22)18(4,5)6)16(21)13-9-7-8-10-14(13)25(20,23)24/h7-11H,1-6H3,(H,19,22). The van der Waals surface area contributed by atoms with Crippen LogP contribution in [0.3, 0.4) is 0 Å². The van der Waals surface area contributed by atoms with E-state index in [2.05, 4.69) is 5.32 Å². The third kappa shape index (κ3) is 3.33. The van der Waals surface area contributed by atoms with Crippen molar-refractivity contribution in [3.63, 3.8) is 0 Å². The molecule has 1 aliphatic heterocycles. The minimum atomic E-state index is -3.88. The molecule has 1 aromatic rings. The number of amides is 1. The summed E-state index contributed by atoms with van der Waals surface area (Å²) in [6.45, 7) is 10.2. The Bertz CT molecular complexity index is 861. The van der Waals surface area contributed by atoms with Crippen molar-refractivity contribution in [1.29, 1.82) is 0 Å². The van der Waals surface area contributed by atoms with Crippen molar-refractivity contribution in [2.75, 3.05) is 0 Å². The summed E-state index contributed by atoms with van der Waals surface area (Å²) in [4.78, 5) is 25.3. The summed E-state index contributed by atoms with van der Waals surface area (Å²) in [6.07, 6.45) is 0. The summed E-state index contributed by atoms with van der Waals surface area (Å²) in [5, 5.41) is 2.69. The van der Waals surface area contributed by atoms with Crippen LogP contribution in [0.4, 0.5) is 0 Å². The lowest BCUT2D eigenvalue weighted by molar-refractivity contribution is -0.127. The maximum atomic E-state index is 13.0. The number of nitrogens with one attached hydrogen (secondary N) is 1. The van der Waals surface area contributed by atoms with Gasteiger partial charge in [0.1, 0.15) is 5.70 Å². The molecule has 1 aliphatic rings. The van der Waals surface area contributed by atoms with Gasteiger partial charge in [0.05, 0.1) is 4.90 Å². The van der Waals surface area contributed by atoms with Gasteiger partial charge in [-0.05, 0) is 32.9 Å². The molecule has 0 saturated carbocycles. The molecule has 0 radical (unpaired) electrons. The number of benzene rings is 1. The molecular formula is C18H24N2O4S. The molecule has 2 rings (SSSR count). The van der Waals surface area contributed by atoms with Crippen LogP contribution in [0.1, 0.15) is 51.9 Å². The van der Waals surface area contributed by atoms with Gasteiger partial charge in [0.15, 0.2) is 0 Å². The number of rotatable bonds is 2. The monoisotopic (exact) mass is 364 g/mol. The molecule has 0 saturated heterocycles. The van der Waals surface area contributed by atoms with Crippen LogP contribution in [0.25, 0.3) is 0 Å². The molecule has 0 aromatic heterocycles. The summed E-state index contributed by atoms with van der Waals surface area (Å²) in [5.41, 5.74) is -0.319. The molecule has 0 aliphatic carbocycles.